The van der Waals surface area contributed by atoms with Crippen LogP contribution in [0.15, 0.2) is 70.7 Å². The molecule has 31 heavy (non-hydrogen) atoms. The number of benzene rings is 1. The summed E-state index contributed by atoms with van der Waals surface area (Å²) in [7, 11) is 0. The highest BCUT2D eigenvalue weighted by Crippen LogP contribution is 2.29. The fourth-order valence-corrected chi connectivity index (χ4v) is 5.02. The third-order valence-corrected chi connectivity index (χ3v) is 6.73. The van der Waals surface area contributed by atoms with Gasteiger partial charge in [0, 0.05) is 17.5 Å². The van der Waals surface area contributed by atoms with Crippen LogP contribution < -0.4 is 5.32 Å². The van der Waals surface area contributed by atoms with Gasteiger partial charge in [0.05, 0.1) is 6.26 Å². The standard InChI is InChI=1S/C25H28N2O3S/c28-24(26-20-11-5-2-6-12-20)23(22-14-8-18-31-22)27(25(29)21-13-7-17-30-21)16-15-19-9-3-1-4-10-19/h1,3-4,7-10,13-14,17-18,20,23H,2,5-6,11-12,15-16H2,(H,26,28)/t23-/m0/s1. The average molecular weight is 437 g/mol. The Labute approximate surface area is 187 Å². The topological polar surface area (TPSA) is 62.6 Å². The van der Waals surface area contributed by atoms with Gasteiger partial charge in [0.15, 0.2) is 5.76 Å². The Kier molecular flexibility index (Phi) is 7.20. The molecule has 0 unspecified atom stereocenters. The Morgan fingerprint density at radius 2 is 1.84 bits per heavy atom. The summed E-state index contributed by atoms with van der Waals surface area (Å²) in [6.45, 7) is 0.421. The summed E-state index contributed by atoms with van der Waals surface area (Å²) in [5.41, 5.74) is 1.12. The van der Waals surface area contributed by atoms with Gasteiger partial charge in [-0.1, -0.05) is 55.7 Å². The Hall–Kier alpha value is -2.86. The first-order valence-corrected chi connectivity index (χ1v) is 11.8. The van der Waals surface area contributed by atoms with Gasteiger partial charge in [-0.25, -0.2) is 0 Å². The molecule has 1 atom stereocenters. The van der Waals surface area contributed by atoms with Gasteiger partial charge in [0.2, 0.25) is 5.91 Å². The molecule has 0 radical (unpaired) electrons. The normalized spacial score (nSPS) is 15.4. The molecule has 1 fully saturated rings. The van der Waals surface area contributed by atoms with E-state index in [4.69, 9.17) is 4.42 Å². The van der Waals surface area contributed by atoms with Crippen LogP contribution in [0.25, 0.3) is 0 Å². The van der Waals surface area contributed by atoms with E-state index < -0.39 is 6.04 Å². The molecular formula is C25H28N2O3S. The largest absolute Gasteiger partial charge is 0.459 e. The molecule has 1 saturated carbocycles. The van der Waals surface area contributed by atoms with E-state index in [1.807, 2.05) is 47.8 Å². The van der Waals surface area contributed by atoms with Crippen LogP contribution in [0.3, 0.4) is 0 Å². The summed E-state index contributed by atoms with van der Waals surface area (Å²) < 4.78 is 5.41. The number of furan rings is 1. The number of amides is 2. The molecule has 4 rings (SSSR count). The van der Waals surface area contributed by atoms with E-state index in [0.717, 1.165) is 36.1 Å². The number of rotatable bonds is 8. The van der Waals surface area contributed by atoms with E-state index in [1.165, 1.54) is 24.0 Å². The van der Waals surface area contributed by atoms with E-state index in [1.54, 1.807) is 17.0 Å². The Balaban J connectivity index is 1.61. The fraction of sp³-hybridized carbons (Fsp3) is 0.360. The minimum atomic E-state index is -0.678. The van der Waals surface area contributed by atoms with Crippen LogP contribution in [0.4, 0.5) is 0 Å². The fourth-order valence-electron chi connectivity index (χ4n) is 4.18. The second-order valence-electron chi connectivity index (χ2n) is 7.97. The average Bonchev–Trinajstić information content (AvgIpc) is 3.52. The van der Waals surface area contributed by atoms with Crippen LogP contribution in [0.1, 0.15) is 59.1 Å². The quantitative estimate of drug-likeness (QED) is 0.527. The zero-order chi connectivity index (χ0) is 21.5. The summed E-state index contributed by atoms with van der Waals surface area (Å²) in [4.78, 5) is 29.4. The van der Waals surface area contributed by atoms with Crippen molar-refractivity contribution in [3.63, 3.8) is 0 Å². The van der Waals surface area contributed by atoms with Crippen molar-refractivity contribution in [1.82, 2.24) is 10.2 Å². The zero-order valence-corrected chi connectivity index (χ0v) is 18.4. The summed E-state index contributed by atoms with van der Waals surface area (Å²) in [6.07, 6.45) is 7.64. The predicted molar refractivity (Wildman–Crippen MR) is 122 cm³/mol. The first-order chi connectivity index (χ1) is 15.2. The van der Waals surface area contributed by atoms with Crippen LogP contribution in [0, 0.1) is 0 Å². The third-order valence-electron chi connectivity index (χ3n) is 5.80. The van der Waals surface area contributed by atoms with E-state index >= 15 is 0 Å². The van der Waals surface area contributed by atoms with Gasteiger partial charge in [-0.05, 0) is 48.4 Å². The van der Waals surface area contributed by atoms with E-state index in [2.05, 4.69) is 5.32 Å². The molecule has 1 aliphatic rings. The molecule has 162 valence electrons. The van der Waals surface area contributed by atoms with Gasteiger partial charge in [-0.15, -0.1) is 11.3 Å². The maximum Gasteiger partial charge on any atom is 0.290 e. The van der Waals surface area contributed by atoms with Crippen LogP contribution in [-0.4, -0.2) is 29.3 Å². The first kappa shape index (κ1) is 21.4. The molecular weight excluding hydrogens is 408 g/mol. The van der Waals surface area contributed by atoms with Crippen molar-refractivity contribution in [2.24, 2.45) is 0 Å². The number of carbonyl (C=O) groups is 2. The molecule has 0 bridgehead atoms. The Morgan fingerprint density at radius 1 is 1.03 bits per heavy atom. The lowest BCUT2D eigenvalue weighted by Crippen LogP contribution is -2.47. The minimum absolute atomic E-state index is 0.109. The van der Waals surface area contributed by atoms with Crippen molar-refractivity contribution in [3.05, 3.63) is 82.4 Å². The van der Waals surface area contributed by atoms with Crippen molar-refractivity contribution in [1.29, 1.82) is 0 Å². The number of thiophene rings is 1. The highest BCUT2D eigenvalue weighted by atomic mass is 32.1. The summed E-state index contributed by atoms with van der Waals surface area (Å²) in [5, 5.41) is 5.18. The number of nitrogens with zero attached hydrogens (tertiary/aromatic N) is 1. The van der Waals surface area contributed by atoms with Crippen LogP contribution in [0.5, 0.6) is 0 Å². The third kappa shape index (κ3) is 5.44. The maximum atomic E-state index is 13.5. The highest BCUT2D eigenvalue weighted by molar-refractivity contribution is 7.10. The second-order valence-corrected chi connectivity index (χ2v) is 8.95. The smallest absolute Gasteiger partial charge is 0.290 e. The first-order valence-electron chi connectivity index (χ1n) is 10.9. The molecule has 5 nitrogen and oxygen atoms in total. The lowest BCUT2D eigenvalue weighted by molar-refractivity contribution is -0.126. The molecule has 2 aromatic heterocycles. The van der Waals surface area contributed by atoms with Gasteiger partial charge in [-0.2, -0.15) is 0 Å². The second kappa shape index (κ2) is 10.4. The van der Waals surface area contributed by atoms with Crippen molar-refractivity contribution in [2.45, 2.75) is 50.6 Å². The maximum absolute atomic E-state index is 13.5. The van der Waals surface area contributed by atoms with Crippen LogP contribution in [0.2, 0.25) is 0 Å². The number of carbonyl (C=O) groups excluding carboxylic acids is 2. The van der Waals surface area contributed by atoms with Crippen molar-refractivity contribution in [2.75, 3.05) is 6.54 Å². The van der Waals surface area contributed by atoms with E-state index in [9.17, 15) is 9.59 Å². The molecule has 0 spiro atoms. The lowest BCUT2D eigenvalue weighted by Gasteiger charge is -2.32. The van der Waals surface area contributed by atoms with Crippen LogP contribution >= 0.6 is 11.3 Å². The monoisotopic (exact) mass is 436 g/mol. The molecule has 3 aromatic rings. The molecule has 1 N–H and O–H groups in total. The van der Waals surface area contributed by atoms with Crippen molar-refractivity contribution < 1.29 is 14.0 Å². The van der Waals surface area contributed by atoms with E-state index in [-0.39, 0.29) is 23.6 Å². The summed E-state index contributed by atoms with van der Waals surface area (Å²) >= 11 is 1.50. The number of nitrogens with one attached hydrogen (secondary N) is 1. The van der Waals surface area contributed by atoms with Crippen molar-refractivity contribution >= 4 is 23.2 Å². The summed E-state index contributed by atoms with van der Waals surface area (Å²) in [5.74, 6) is -0.125. The predicted octanol–water partition coefficient (Wildman–Crippen LogP) is 5.22. The van der Waals surface area contributed by atoms with Gasteiger partial charge >= 0.3 is 0 Å². The van der Waals surface area contributed by atoms with Gasteiger partial charge in [-0.3, -0.25) is 9.59 Å². The van der Waals surface area contributed by atoms with Crippen molar-refractivity contribution in [3.8, 4) is 0 Å². The molecule has 1 aromatic carbocycles. The van der Waals surface area contributed by atoms with Crippen LogP contribution in [-0.2, 0) is 11.2 Å². The molecule has 2 heterocycles. The summed E-state index contributed by atoms with van der Waals surface area (Å²) in [6, 6.07) is 16.7. The molecule has 2 amide bonds. The highest BCUT2D eigenvalue weighted by Gasteiger charge is 2.34. The Morgan fingerprint density at radius 3 is 2.52 bits per heavy atom. The molecule has 0 aliphatic heterocycles. The minimum Gasteiger partial charge on any atom is -0.459 e. The Bertz CT molecular complexity index is 948. The molecule has 0 saturated heterocycles. The molecule has 6 heteroatoms. The lowest BCUT2D eigenvalue weighted by atomic mass is 9.95. The zero-order valence-electron chi connectivity index (χ0n) is 17.5. The number of hydrogen-bond acceptors (Lipinski definition) is 4. The number of hydrogen-bond donors (Lipinski definition) is 1. The SMILES string of the molecule is O=C(NC1CCCCC1)[C@H](c1cccs1)N(CCc1ccccc1)C(=O)c1ccco1. The molecule has 1 aliphatic carbocycles. The van der Waals surface area contributed by atoms with Gasteiger partial charge in [0.25, 0.3) is 5.91 Å². The van der Waals surface area contributed by atoms with Gasteiger partial charge in [0.1, 0.15) is 6.04 Å². The van der Waals surface area contributed by atoms with Gasteiger partial charge < -0.3 is 14.6 Å². The van der Waals surface area contributed by atoms with E-state index in [0.29, 0.717) is 13.0 Å².